The number of ketones is 1. The van der Waals surface area contributed by atoms with Crippen LogP contribution < -0.4 is 9.47 Å². The molecule has 2 aliphatic rings. The minimum atomic E-state index is 0.0283. The highest BCUT2D eigenvalue weighted by Gasteiger charge is 2.30. The van der Waals surface area contributed by atoms with Crippen molar-refractivity contribution >= 4 is 5.78 Å². The Balaban J connectivity index is 1.59. The highest BCUT2D eigenvalue weighted by Crippen LogP contribution is 2.43. The van der Waals surface area contributed by atoms with E-state index in [1.807, 2.05) is 30.3 Å². The summed E-state index contributed by atoms with van der Waals surface area (Å²) < 4.78 is 16.8. The molecule has 1 heterocycles. The molecule has 0 aromatic heterocycles. The fourth-order valence-electron chi connectivity index (χ4n) is 3.65. The Morgan fingerprint density at radius 1 is 1.12 bits per heavy atom. The van der Waals surface area contributed by atoms with Crippen LogP contribution >= 0.6 is 0 Å². The number of rotatable bonds is 5. The first kappa shape index (κ1) is 17.1. The molecule has 0 radical (unpaired) electrons. The number of carbonyl (C=O) groups is 1. The van der Waals surface area contributed by atoms with E-state index in [9.17, 15) is 4.79 Å². The molecule has 1 fully saturated rings. The standard InChI is InChI=1S/C21H23NO4/c1-14(22-8-10-25-11-9-22)13-26-19-5-3-4-17-20(19)16-7-6-15(24-2)12-18(16)21(17)23/h3-7,12,14H,8-11,13H2,1-2H3. The monoisotopic (exact) mass is 353 g/mol. The van der Waals surface area contributed by atoms with Crippen LogP contribution in [0.15, 0.2) is 36.4 Å². The van der Waals surface area contributed by atoms with Crippen molar-refractivity contribution in [1.82, 2.24) is 4.90 Å². The lowest BCUT2D eigenvalue weighted by atomic mass is 10.0. The van der Waals surface area contributed by atoms with Crippen LogP contribution in [0.25, 0.3) is 11.1 Å². The number of nitrogens with zero attached hydrogens (tertiary/aromatic N) is 1. The molecular formula is C21H23NO4. The van der Waals surface area contributed by atoms with E-state index in [1.54, 1.807) is 13.2 Å². The minimum absolute atomic E-state index is 0.0283. The average molecular weight is 353 g/mol. The third kappa shape index (κ3) is 2.97. The molecule has 2 aromatic rings. The molecule has 5 heteroatoms. The van der Waals surface area contributed by atoms with Gasteiger partial charge in [-0.15, -0.1) is 0 Å². The van der Waals surface area contributed by atoms with Crippen LogP contribution in [0, 0.1) is 0 Å². The molecule has 1 aliphatic carbocycles. The van der Waals surface area contributed by atoms with Crippen LogP contribution in [-0.2, 0) is 4.74 Å². The third-order valence-corrected chi connectivity index (χ3v) is 5.16. The van der Waals surface area contributed by atoms with E-state index in [-0.39, 0.29) is 5.78 Å². The van der Waals surface area contributed by atoms with Gasteiger partial charge in [0.25, 0.3) is 0 Å². The Morgan fingerprint density at radius 3 is 2.69 bits per heavy atom. The van der Waals surface area contributed by atoms with Gasteiger partial charge in [-0.3, -0.25) is 9.69 Å². The molecular weight excluding hydrogens is 330 g/mol. The summed E-state index contributed by atoms with van der Waals surface area (Å²) in [4.78, 5) is 15.1. The van der Waals surface area contributed by atoms with Crippen LogP contribution in [0.5, 0.6) is 11.5 Å². The lowest BCUT2D eigenvalue weighted by Gasteiger charge is -2.32. The van der Waals surface area contributed by atoms with Gasteiger partial charge in [0.15, 0.2) is 5.78 Å². The SMILES string of the molecule is COc1ccc2c(c1)C(=O)c1cccc(OCC(C)N3CCOCC3)c1-2. The highest BCUT2D eigenvalue weighted by molar-refractivity contribution is 6.22. The molecule has 5 nitrogen and oxygen atoms in total. The van der Waals surface area contributed by atoms with Crippen LogP contribution in [0.3, 0.4) is 0 Å². The van der Waals surface area contributed by atoms with Gasteiger partial charge in [-0.25, -0.2) is 0 Å². The van der Waals surface area contributed by atoms with Gasteiger partial charge in [-0.05, 0) is 36.8 Å². The summed E-state index contributed by atoms with van der Waals surface area (Å²) in [6.07, 6.45) is 0. The maximum Gasteiger partial charge on any atom is 0.194 e. The molecule has 1 aliphatic heterocycles. The maximum absolute atomic E-state index is 12.8. The van der Waals surface area contributed by atoms with Gasteiger partial charge in [-0.2, -0.15) is 0 Å². The number of carbonyl (C=O) groups excluding carboxylic acids is 1. The lowest BCUT2D eigenvalue weighted by molar-refractivity contribution is 0.0106. The maximum atomic E-state index is 12.8. The Morgan fingerprint density at radius 2 is 1.92 bits per heavy atom. The fourth-order valence-corrected chi connectivity index (χ4v) is 3.65. The van der Waals surface area contributed by atoms with Gasteiger partial charge in [0.05, 0.1) is 20.3 Å². The second-order valence-corrected chi connectivity index (χ2v) is 6.73. The Bertz CT molecular complexity index is 827. The van der Waals surface area contributed by atoms with Crippen molar-refractivity contribution in [3.05, 3.63) is 47.5 Å². The van der Waals surface area contributed by atoms with Gasteiger partial charge in [-0.1, -0.05) is 12.1 Å². The van der Waals surface area contributed by atoms with Gasteiger partial charge in [0.2, 0.25) is 0 Å². The second kappa shape index (κ2) is 7.09. The molecule has 1 saturated heterocycles. The van der Waals surface area contributed by atoms with Gasteiger partial charge < -0.3 is 14.2 Å². The lowest BCUT2D eigenvalue weighted by Crippen LogP contribution is -2.44. The predicted molar refractivity (Wildman–Crippen MR) is 99.2 cm³/mol. The Labute approximate surface area is 153 Å². The molecule has 0 bridgehead atoms. The van der Waals surface area contributed by atoms with E-state index < -0.39 is 0 Å². The zero-order valence-electron chi connectivity index (χ0n) is 15.2. The van der Waals surface area contributed by atoms with Crippen molar-refractivity contribution in [3.63, 3.8) is 0 Å². The van der Waals surface area contributed by atoms with Crippen molar-refractivity contribution in [2.24, 2.45) is 0 Å². The van der Waals surface area contributed by atoms with Crippen LogP contribution in [0.4, 0.5) is 0 Å². The van der Waals surface area contributed by atoms with Crippen LogP contribution in [0.2, 0.25) is 0 Å². The summed E-state index contributed by atoms with van der Waals surface area (Å²) in [6.45, 7) is 6.15. The number of fused-ring (bicyclic) bond motifs is 3. The zero-order valence-corrected chi connectivity index (χ0v) is 15.2. The van der Waals surface area contributed by atoms with Crippen molar-refractivity contribution in [1.29, 1.82) is 0 Å². The molecule has 0 N–H and O–H groups in total. The van der Waals surface area contributed by atoms with Crippen molar-refractivity contribution in [2.45, 2.75) is 13.0 Å². The molecule has 0 spiro atoms. The first-order chi connectivity index (χ1) is 12.7. The van der Waals surface area contributed by atoms with E-state index in [1.165, 1.54) is 0 Å². The topological polar surface area (TPSA) is 48.0 Å². The molecule has 0 saturated carbocycles. The number of ether oxygens (including phenoxy) is 3. The minimum Gasteiger partial charge on any atom is -0.497 e. The normalized spacial score (nSPS) is 17.5. The quantitative estimate of drug-likeness (QED) is 0.706. The number of methoxy groups -OCH3 is 1. The second-order valence-electron chi connectivity index (χ2n) is 6.73. The van der Waals surface area contributed by atoms with E-state index in [0.717, 1.165) is 43.2 Å². The Hall–Kier alpha value is -2.37. The van der Waals surface area contributed by atoms with E-state index in [2.05, 4.69) is 11.8 Å². The molecule has 1 atom stereocenters. The highest BCUT2D eigenvalue weighted by atomic mass is 16.5. The predicted octanol–water partition coefficient (Wildman–Crippen LogP) is 3.01. The van der Waals surface area contributed by atoms with E-state index in [0.29, 0.717) is 29.5 Å². The molecule has 1 unspecified atom stereocenters. The molecule has 136 valence electrons. The summed E-state index contributed by atoms with van der Waals surface area (Å²) >= 11 is 0. The van der Waals surface area contributed by atoms with Gasteiger partial charge in [0, 0.05) is 35.8 Å². The third-order valence-electron chi connectivity index (χ3n) is 5.16. The molecule has 0 amide bonds. The van der Waals surface area contributed by atoms with Crippen molar-refractivity contribution in [2.75, 3.05) is 40.0 Å². The molecule has 4 rings (SSSR count). The summed E-state index contributed by atoms with van der Waals surface area (Å²) in [5, 5.41) is 0. The van der Waals surface area contributed by atoms with Crippen LogP contribution in [-0.4, -0.2) is 56.7 Å². The number of morpholine rings is 1. The largest absolute Gasteiger partial charge is 0.497 e. The van der Waals surface area contributed by atoms with Crippen LogP contribution in [0.1, 0.15) is 22.8 Å². The first-order valence-corrected chi connectivity index (χ1v) is 8.99. The fraction of sp³-hybridized carbons (Fsp3) is 0.381. The van der Waals surface area contributed by atoms with E-state index in [4.69, 9.17) is 14.2 Å². The summed E-state index contributed by atoms with van der Waals surface area (Å²) in [7, 11) is 1.61. The number of hydrogen-bond acceptors (Lipinski definition) is 5. The summed E-state index contributed by atoms with van der Waals surface area (Å²) in [5.74, 6) is 1.48. The summed E-state index contributed by atoms with van der Waals surface area (Å²) in [5.41, 5.74) is 3.19. The first-order valence-electron chi connectivity index (χ1n) is 8.99. The molecule has 2 aromatic carbocycles. The average Bonchev–Trinajstić information content (AvgIpc) is 2.99. The van der Waals surface area contributed by atoms with Crippen molar-refractivity contribution in [3.8, 4) is 22.6 Å². The van der Waals surface area contributed by atoms with Crippen molar-refractivity contribution < 1.29 is 19.0 Å². The smallest absolute Gasteiger partial charge is 0.194 e. The zero-order chi connectivity index (χ0) is 18.1. The molecule has 26 heavy (non-hydrogen) atoms. The number of benzene rings is 2. The van der Waals surface area contributed by atoms with Gasteiger partial charge >= 0.3 is 0 Å². The van der Waals surface area contributed by atoms with Gasteiger partial charge in [0.1, 0.15) is 18.1 Å². The van der Waals surface area contributed by atoms with E-state index >= 15 is 0 Å². The Kier molecular flexibility index (Phi) is 4.66. The summed E-state index contributed by atoms with van der Waals surface area (Å²) in [6, 6.07) is 11.6. The number of hydrogen-bond donors (Lipinski definition) is 0.